The lowest BCUT2D eigenvalue weighted by Crippen LogP contribution is -2.32. The zero-order valence-corrected chi connectivity index (χ0v) is 13.2. The van der Waals surface area contributed by atoms with Crippen LogP contribution in [0.25, 0.3) is 0 Å². The van der Waals surface area contributed by atoms with Crippen molar-refractivity contribution in [2.75, 3.05) is 26.8 Å². The highest BCUT2D eigenvalue weighted by Crippen LogP contribution is 2.31. The zero-order chi connectivity index (χ0) is 13.8. The van der Waals surface area contributed by atoms with Crippen LogP contribution in [0.1, 0.15) is 31.4 Å². The summed E-state index contributed by atoms with van der Waals surface area (Å²) < 4.78 is 6.53. The first kappa shape index (κ1) is 14.8. The first-order valence-corrected chi connectivity index (χ1v) is 7.63. The van der Waals surface area contributed by atoms with Gasteiger partial charge in [0, 0.05) is 29.2 Å². The molecule has 1 fully saturated rings. The van der Waals surface area contributed by atoms with Gasteiger partial charge in [-0.25, -0.2) is 0 Å². The number of rotatable bonds is 4. The van der Waals surface area contributed by atoms with Crippen LogP contribution in [0.2, 0.25) is 0 Å². The van der Waals surface area contributed by atoms with E-state index in [2.05, 4.69) is 34.8 Å². The molecule has 2 unspecified atom stereocenters. The van der Waals surface area contributed by atoms with Crippen molar-refractivity contribution in [3.63, 3.8) is 0 Å². The SMILES string of the molecule is CC(c1cc(Br)ccc1O)N(C)CC1CCCOC1. The predicted octanol–water partition coefficient (Wildman–Crippen LogP) is 3.57. The molecule has 0 aliphatic carbocycles. The second-order valence-electron chi connectivity index (χ2n) is 5.40. The van der Waals surface area contributed by atoms with Crippen molar-refractivity contribution < 1.29 is 9.84 Å². The Bertz CT molecular complexity index is 419. The van der Waals surface area contributed by atoms with Crippen molar-refractivity contribution in [2.24, 2.45) is 5.92 Å². The molecule has 4 heteroatoms. The van der Waals surface area contributed by atoms with Gasteiger partial charge in [0.15, 0.2) is 0 Å². The molecular weight excluding hydrogens is 306 g/mol. The van der Waals surface area contributed by atoms with Crippen LogP contribution in [0.5, 0.6) is 5.75 Å². The van der Waals surface area contributed by atoms with Gasteiger partial charge in [0.05, 0.1) is 6.61 Å². The number of hydrogen-bond acceptors (Lipinski definition) is 3. The van der Waals surface area contributed by atoms with Gasteiger partial charge in [-0.15, -0.1) is 0 Å². The molecule has 1 aromatic carbocycles. The van der Waals surface area contributed by atoms with Gasteiger partial charge in [-0.2, -0.15) is 0 Å². The molecule has 1 saturated heterocycles. The van der Waals surface area contributed by atoms with Gasteiger partial charge in [0.25, 0.3) is 0 Å². The van der Waals surface area contributed by atoms with Crippen LogP contribution in [0.3, 0.4) is 0 Å². The number of ether oxygens (including phenoxy) is 1. The molecule has 0 saturated carbocycles. The summed E-state index contributed by atoms with van der Waals surface area (Å²) in [7, 11) is 2.11. The lowest BCUT2D eigenvalue weighted by molar-refractivity contribution is 0.0370. The van der Waals surface area contributed by atoms with Crippen molar-refractivity contribution in [2.45, 2.75) is 25.8 Å². The van der Waals surface area contributed by atoms with Gasteiger partial charge in [-0.3, -0.25) is 4.90 Å². The summed E-state index contributed by atoms with van der Waals surface area (Å²) in [6, 6.07) is 5.79. The molecule has 0 amide bonds. The number of phenols is 1. The van der Waals surface area contributed by atoms with E-state index in [0.29, 0.717) is 11.7 Å². The topological polar surface area (TPSA) is 32.7 Å². The maximum Gasteiger partial charge on any atom is 0.120 e. The Balaban J connectivity index is 2.01. The van der Waals surface area contributed by atoms with Gasteiger partial charge >= 0.3 is 0 Å². The minimum absolute atomic E-state index is 0.194. The summed E-state index contributed by atoms with van der Waals surface area (Å²) in [6.07, 6.45) is 2.40. The van der Waals surface area contributed by atoms with Crippen molar-refractivity contribution in [1.29, 1.82) is 0 Å². The molecule has 1 heterocycles. The van der Waals surface area contributed by atoms with Crippen LogP contribution in [0.4, 0.5) is 0 Å². The second-order valence-corrected chi connectivity index (χ2v) is 6.32. The Morgan fingerprint density at radius 2 is 2.32 bits per heavy atom. The molecule has 0 bridgehead atoms. The number of aromatic hydroxyl groups is 1. The monoisotopic (exact) mass is 327 g/mol. The van der Waals surface area contributed by atoms with E-state index in [1.54, 1.807) is 6.07 Å². The summed E-state index contributed by atoms with van der Waals surface area (Å²) in [6.45, 7) is 4.90. The number of phenolic OH excluding ortho intramolecular Hbond substituents is 1. The van der Waals surface area contributed by atoms with E-state index in [1.165, 1.54) is 6.42 Å². The number of halogens is 1. The van der Waals surface area contributed by atoms with Crippen molar-refractivity contribution >= 4 is 15.9 Å². The quantitative estimate of drug-likeness (QED) is 0.917. The summed E-state index contributed by atoms with van der Waals surface area (Å²) in [5, 5.41) is 9.99. The molecule has 2 atom stereocenters. The average Bonchev–Trinajstić information content (AvgIpc) is 2.42. The van der Waals surface area contributed by atoms with Gasteiger partial charge < -0.3 is 9.84 Å². The van der Waals surface area contributed by atoms with Crippen molar-refractivity contribution in [3.8, 4) is 5.75 Å². The third-order valence-corrected chi connectivity index (χ3v) is 4.39. The van der Waals surface area contributed by atoms with E-state index in [4.69, 9.17) is 4.74 Å². The zero-order valence-electron chi connectivity index (χ0n) is 11.6. The Hall–Kier alpha value is -0.580. The second kappa shape index (κ2) is 6.73. The minimum Gasteiger partial charge on any atom is -0.508 e. The molecule has 106 valence electrons. The maximum absolute atomic E-state index is 9.99. The van der Waals surface area contributed by atoms with Gasteiger partial charge in [0.1, 0.15) is 5.75 Å². The van der Waals surface area contributed by atoms with Crippen LogP contribution in [-0.4, -0.2) is 36.8 Å². The van der Waals surface area contributed by atoms with E-state index >= 15 is 0 Å². The van der Waals surface area contributed by atoms with Gasteiger partial charge in [-0.1, -0.05) is 15.9 Å². The maximum atomic E-state index is 9.99. The van der Waals surface area contributed by atoms with Crippen LogP contribution in [0.15, 0.2) is 22.7 Å². The fraction of sp³-hybridized carbons (Fsp3) is 0.600. The molecule has 1 aliphatic heterocycles. The fourth-order valence-corrected chi connectivity index (χ4v) is 2.99. The number of hydrogen-bond donors (Lipinski definition) is 1. The Morgan fingerprint density at radius 3 is 3.00 bits per heavy atom. The lowest BCUT2D eigenvalue weighted by Gasteiger charge is -2.31. The van der Waals surface area contributed by atoms with Crippen molar-refractivity contribution in [1.82, 2.24) is 4.90 Å². The molecule has 19 heavy (non-hydrogen) atoms. The largest absolute Gasteiger partial charge is 0.508 e. The highest BCUT2D eigenvalue weighted by molar-refractivity contribution is 9.10. The lowest BCUT2D eigenvalue weighted by atomic mass is 9.99. The Kier molecular flexibility index (Phi) is 5.25. The molecule has 1 N–H and O–H groups in total. The van der Waals surface area contributed by atoms with Gasteiger partial charge in [0.2, 0.25) is 0 Å². The average molecular weight is 328 g/mol. The third kappa shape index (κ3) is 3.94. The molecular formula is C15H22BrNO2. The molecule has 2 rings (SSSR count). The fourth-order valence-electron chi connectivity index (χ4n) is 2.61. The van der Waals surface area contributed by atoms with E-state index in [9.17, 15) is 5.11 Å². The third-order valence-electron chi connectivity index (χ3n) is 3.90. The van der Waals surface area contributed by atoms with Crippen molar-refractivity contribution in [3.05, 3.63) is 28.2 Å². The summed E-state index contributed by atoms with van der Waals surface area (Å²) in [5.74, 6) is 0.970. The summed E-state index contributed by atoms with van der Waals surface area (Å²) in [5.41, 5.74) is 0.966. The first-order chi connectivity index (χ1) is 9.08. The highest BCUT2D eigenvalue weighted by atomic mass is 79.9. The normalized spacial score (nSPS) is 21.6. The molecule has 1 aromatic rings. The standard InChI is InChI=1S/C15H22BrNO2/c1-11(14-8-13(16)5-6-15(14)18)17(2)9-12-4-3-7-19-10-12/h5-6,8,11-12,18H,3-4,7,9-10H2,1-2H3. The van der Waals surface area contributed by atoms with Crippen LogP contribution < -0.4 is 0 Å². The van der Waals surface area contributed by atoms with Gasteiger partial charge in [-0.05, 0) is 50.9 Å². The molecule has 0 spiro atoms. The summed E-state index contributed by atoms with van der Waals surface area (Å²) in [4.78, 5) is 2.29. The molecule has 1 aliphatic rings. The first-order valence-electron chi connectivity index (χ1n) is 6.84. The molecule has 0 aromatic heterocycles. The Morgan fingerprint density at radius 1 is 1.53 bits per heavy atom. The minimum atomic E-state index is 0.194. The van der Waals surface area contributed by atoms with E-state index < -0.39 is 0 Å². The highest BCUT2D eigenvalue weighted by Gasteiger charge is 2.21. The summed E-state index contributed by atoms with van der Waals surface area (Å²) >= 11 is 3.46. The van der Waals surface area contributed by atoms with Crippen LogP contribution in [0, 0.1) is 5.92 Å². The Labute approximate surface area is 123 Å². The van der Waals surface area contributed by atoms with Crippen LogP contribution >= 0.6 is 15.9 Å². The molecule has 3 nitrogen and oxygen atoms in total. The van der Waals surface area contributed by atoms with E-state index in [1.807, 2.05) is 12.1 Å². The molecule has 0 radical (unpaired) electrons. The predicted molar refractivity (Wildman–Crippen MR) is 80.4 cm³/mol. The number of benzene rings is 1. The number of nitrogens with zero attached hydrogens (tertiary/aromatic N) is 1. The smallest absolute Gasteiger partial charge is 0.120 e. The van der Waals surface area contributed by atoms with Crippen LogP contribution in [-0.2, 0) is 4.74 Å². The van der Waals surface area contributed by atoms with E-state index in [-0.39, 0.29) is 6.04 Å². The van der Waals surface area contributed by atoms with E-state index in [0.717, 1.165) is 36.2 Å².